The molecule has 0 atom stereocenters. The normalized spacial score (nSPS) is 11.5. The number of hydrogen-bond acceptors (Lipinski definition) is 5. The van der Waals surface area contributed by atoms with Gasteiger partial charge in [-0.1, -0.05) is 34.7 Å². The molecule has 2 rings (SSSR count). The number of aromatic nitrogens is 2. The van der Waals surface area contributed by atoms with Crippen molar-refractivity contribution in [2.75, 3.05) is 12.3 Å². The minimum absolute atomic E-state index is 0.168. The molecule has 1 aromatic heterocycles. The number of carbonyl (C=O) groups is 1. The number of alkyl halides is 3. The van der Waals surface area contributed by atoms with E-state index in [4.69, 9.17) is 23.8 Å². The molecule has 0 saturated carbocycles. The number of benzene rings is 1. The molecule has 0 aliphatic carbocycles. The maximum atomic E-state index is 12.0. The van der Waals surface area contributed by atoms with Gasteiger partial charge in [0.1, 0.15) is 6.54 Å². The Bertz CT molecular complexity index is 742. The second kappa shape index (κ2) is 7.65. The quantitative estimate of drug-likeness (QED) is 0.607. The Balaban J connectivity index is 1.97. The summed E-state index contributed by atoms with van der Waals surface area (Å²) in [6.45, 7) is -1.35. The van der Waals surface area contributed by atoms with E-state index in [9.17, 15) is 18.0 Å². The van der Waals surface area contributed by atoms with Gasteiger partial charge in [0.2, 0.25) is 5.91 Å². The third-order valence-electron chi connectivity index (χ3n) is 2.41. The molecule has 0 saturated heterocycles. The van der Waals surface area contributed by atoms with Crippen LogP contribution in [0.2, 0.25) is 5.02 Å². The molecule has 0 fully saturated rings. The van der Waals surface area contributed by atoms with Gasteiger partial charge in [-0.15, -0.1) is 5.10 Å². The van der Waals surface area contributed by atoms with E-state index in [-0.39, 0.29) is 5.75 Å². The lowest BCUT2D eigenvalue weighted by Gasteiger charge is -2.07. The van der Waals surface area contributed by atoms with Crippen LogP contribution in [0.3, 0.4) is 0 Å². The van der Waals surface area contributed by atoms with E-state index >= 15 is 0 Å². The van der Waals surface area contributed by atoms with Gasteiger partial charge in [-0.05, 0) is 36.5 Å². The van der Waals surface area contributed by atoms with Gasteiger partial charge in [-0.3, -0.25) is 4.79 Å². The first-order valence-electron chi connectivity index (χ1n) is 6.07. The average Bonchev–Trinajstić information content (AvgIpc) is 2.84. The minimum Gasteiger partial charge on any atom is -0.346 e. The van der Waals surface area contributed by atoms with Gasteiger partial charge in [-0.25, -0.2) is 4.68 Å². The minimum atomic E-state index is -4.42. The third-order valence-corrected chi connectivity index (χ3v) is 5.03. The summed E-state index contributed by atoms with van der Waals surface area (Å²) in [5.41, 5.74) is 0.712. The number of halogens is 4. The number of carbonyl (C=O) groups excluding carboxylic acids is 1. The fraction of sp³-hybridized carbons (Fsp3) is 0.250. The van der Waals surface area contributed by atoms with Crippen molar-refractivity contribution in [2.24, 2.45) is 0 Å². The predicted molar refractivity (Wildman–Crippen MR) is 87.1 cm³/mol. The number of hydrogen-bond donors (Lipinski definition) is 1. The number of rotatable bonds is 5. The number of amides is 1. The number of nitrogens with one attached hydrogen (secondary N) is 1. The van der Waals surface area contributed by atoms with Crippen molar-refractivity contribution < 1.29 is 18.0 Å². The van der Waals surface area contributed by atoms with Crippen molar-refractivity contribution in [3.63, 3.8) is 0 Å². The summed E-state index contributed by atoms with van der Waals surface area (Å²) in [6.07, 6.45) is -4.42. The second-order valence-electron chi connectivity index (χ2n) is 4.20. The molecule has 1 N–H and O–H groups in total. The van der Waals surface area contributed by atoms with Gasteiger partial charge in [0.15, 0.2) is 8.29 Å². The molecule has 124 valence electrons. The molecule has 0 bridgehead atoms. The number of nitrogens with zero attached hydrogens (tertiary/aromatic N) is 2. The molecular formula is C12H9ClF3N3OS3. The van der Waals surface area contributed by atoms with Crippen LogP contribution in [0.15, 0.2) is 28.6 Å². The number of thioether (sulfide) groups is 1. The average molecular weight is 400 g/mol. The van der Waals surface area contributed by atoms with Gasteiger partial charge in [-0.2, -0.15) is 13.2 Å². The molecule has 11 heteroatoms. The van der Waals surface area contributed by atoms with Crippen LogP contribution in [0.25, 0.3) is 5.69 Å². The summed E-state index contributed by atoms with van der Waals surface area (Å²) >= 11 is 13.2. The molecule has 0 radical (unpaired) electrons. The first-order valence-corrected chi connectivity index (χ1v) is 8.66. The molecule has 1 aromatic carbocycles. The summed E-state index contributed by atoms with van der Waals surface area (Å²) in [7, 11) is 0. The maximum absolute atomic E-state index is 12.0. The van der Waals surface area contributed by atoms with Crippen LogP contribution in [0.1, 0.15) is 0 Å². The molecular weight excluding hydrogens is 391 g/mol. The Labute approximate surface area is 147 Å². The molecule has 0 aliphatic heterocycles. The van der Waals surface area contributed by atoms with E-state index in [1.807, 2.05) is 0 Å². The van der Waals surface area contributed by atoms with Crippen LogP contribution in [-0.4, -0.2) is 34.2 Å². The molecule has 1 heterocycles. The predicted octanol–water partition coefficient (Wildman–Crippen LogP) is 4.09. The van der Waals surface area contributed by atoms with Crippen LogP contribution in [0.5, 0.6) is 0 Å². The molecule has 2 aromatic rings. The first-order chi connectivity index (χ1) is 10.7. The standard InChI is InChI=1S/C12H9ClF3N3OS3/c13-7-1-3-8(4-2-7)19-11(21)23-10(18-19)22-5-9(20)17-6-12(14,15)16/h1-4H,5-6H2,(H,17,20). The Morgan fingerprint density at radius 3 is 2.65 bits per heavy atom. The largest absolute Gasteiger partial charge is 0.405 e. The monoisotopic (exact) mass is 399 g/mol. The first kappa shape index (κ1) is 18.2. The van der Waals surface area contributed by atoms with Crippen molar-refractivity contribution in [3.8, 4) is 5.69 Å². The fourth-order valence-electron chi connectivity index (χ4n) is 1.44. The summed E-state index contributed by atoms with van der Waals surface area (Å²) in [6, 6.07) is 6.86. The fourth-order valence-corrected chi connectivity index (χ4v) is 3.76. The Kier molecular flexibility index (Phi) is 6.06. The van der Waals surface area contributed by atoms with E-state index in [0.717, 1.165) is 11.8 Å². The molecule has 0 spiro atoms. The smallest absolute Gasteiger partial charge is 0.346 e. The zero-order valence-electron chi connectivity index (χ0n) is 11.3. The van der Waals surface area contributed by atoms with Gasteiger partial charge < -0.3 is 5.32 Å². The maximum Gasteiger partial charge on any atom is 0.405 e. The SMILES string of the molecule is O=C(CSc1nn(-c2ccc(Cl)cc2)c(=S)s1)NCC(F)(F)F. The van der Waals surface area contributed by atoms with Gasteiger partial charge in [0.05, 0.1) is 11.4 Å². The van der Waals surface area contributed by atoms with Crippen LogP contribution in [0, 0.1) is 3.95 Å². The topological polar surface area (TPSA) is 46.9 Å². The highest BCUT2D eigenvalue weighted by Gasteiger charge is 2.27. The highest BCUT2D eigenvalue weighted by atomic mass is 35.5. The summed E-state index contributed by atoms with van der Waals surface area (Å²) < 4.78 is 38.4. The molecule has 4 nitrogen and oxygen atoms in total. The Hall–Kier alpha value is -1.10. The van der Waals surface area contributed by atoms with Crippen LogP contribution in [0.4, 0.5) is 13.2 Å². The summed E-state index contributed by atoms with van der Waals surface area (Å²) in [4.78, 5) is 11.4. The van der Waals surface area contributed by atoms with Crippen molar-refractivity contribution in [1.82, 2.24) is 15.1 Å². The highest BCUT2D eigenvalue weighted by molar-refractivity contribution is 8.01. The van der Waals surface area contributed by atoms with Crippen LogP contribution >= 0.6 is 46.9 Å². The zero-order chi connectivity index (χ0) is 17.0. The second-order valence-corrected chi connectivity index (χ2v) is 7.48. The molecule has 0 unspecified atom stereocenters. The lowest BCUT2D eigenvalue weighted by atomic mass is 10.3. The van der Waals surface area contributed by atoms with Crippen LogP contribution in [-0.2, 0) is 4.79 Å². The lowest BCUT2D eigenvalue weighted by Crippen LogP contribution is -2.34. The van der Waals surface area contributed by atoms with E-state index in [1.165, 1.54) is 16.0 Å². The van der Waals surface area contributed by atoms with Crippen molar-refractivity contribution in [2.45, 2.75) is 10.5 Å². The van der Waals surface area contributed by atoms with E-state index < -0.39 is 18.6 Å². The summed E-state index contributed by atoms with van der Waals surface area (Å²) in [5.74, 6) is -0.884. The van der Waals surface area contributed by atoms with E-state index in [1.54, 1.807) is 29.6 Å². The van der Waals surface area contributed by atoms with E-state index in [2.05, 4.69) is 5.10 Å². The Morgan fingerprint density at radius 1 is 1.39 bits per heavy atom. The van der Waals surface area contributed by atoms with Gasteiger partial charge in [0.25, 0.3) is 0 Å². The van der Waals surface area contributed by atoms with Crippen molar-refractivity contribution in [3.05, 3.63) is 33.2 Å². The van der Waals surface area contributed by atoms with Gasteiger partial charge in [0, 0.05) is 5.02 Å². The molecule has 0 aliphatic rings. The lowest BCUT2D eigenvalue weighted by molar-refractivity contribution is -0.136. The third kappa shape index (κ3) is 5.79. The van der Waals surface area contributed by atoms with Crippen molar-refractivity contribution >= 4 is 52.8 Å². The van der Waals surface area contributed by atoms with Crippen LogP contribution < -0.4 is 5.32 Å². The van der Waals surface area contributed by atoms with Gasteiger partial charge >= 0.3 is 6.18 Å². The summed E-state index contributed by atoms with van der Waals surface area (Å²) in [5, 5.41) is 6.61. The highest BCUT2D eigenvalue weighted by Crippen LogP contribution is 2.24. The molecule has 23 heavy (non-hydrogen) atoms. The Morgan fingerprint density at radius 2 is 2.04 bits per heavy atom. The zero-order valence-corrected chi connectivity index (χ0v) is 14.5. The van der Waals surface area contributed by atoms with E-state index in [0.29, 0.717) is 19.0 Å². The molecule has 1 amide bonds. The van der Waals surface area contributed by atoms with Crippen molar-refractivity contribution in [1.29, 1.82) is 0 Å².